The summed E-state index contributed by atoms with van der Waals surface area (Å²) in [7, 11) is 1.90. The molecule has 0 N–H and O–H groups in total. The van der Waals surface area contributed by atoms with Crippen molar-refractivity contribution < 1.29 is 9.15 Å². The normalized spacial score (nSPS) is 10.6. The third-order valence-electron chi connectivity index (χ3n) is 2.97. The van der Waals surface area contributed by atoms with Crippen molar-refractivity contribution >= 4 is 0 Å². The van der Waals surface area contributed by atoms with Gasteiger partial charge in [-0.05, 0) is 42.5 Å². The molecule has 0 saturated heterocycles. The average Bonchev–Trinajstić information content (AvgIpc) is 3.09. The van der Waals surface area contributed by atoms with Gasteiger partial charge in [-0.3, -0.25) is 4.68 Å². The minimum absolute atomic E-state index is 0.511. The lowest BCUT2D eigenvalue weighted by Gasteiger charge is -2.06. The molecule has 0 aliphatic rings. The molecule has 19 heavy (non-hydrogen) atoms. The highest BCUT2D eigenvalue weighted by Crippen LogP contribution is 2.23. The first-order chi connectivity index (χ1) is 9.33. The van der Waals surface area contributed by atoms with Gasteiger partial charge in [-0.1, -0.05) is 0 Å². The Balaban J connectivity index is 1.68. The fourth-order valence-electron chi connectivity index (χ4n) is 1.86. The van der Waals surface area contributed by atoms with Gasteiger partial charge in [0.15, 0.2) is 0 Å². The van der Waals surface area contributed by atoms with Crippen LogP contribution in [0.1, 0.15) is 5.69 Å². The summed E-state index contributed by atoms with van der Waals surface area (Å²) in [4.78, 5) is 0. The van der Waals surface area contributed by atoms with Crippen molar-refractivity contribution in [3.05, 3.63) is 60.6 Å². The number of ether oxygens (including phenoxy) is 1. The molecule has 2 aromatic heterocycles. The molecule has 0 fully saturated rings. The highest BCUT2D eigenvalue weighted by molar-refractivity contribution is 5.58. The van der Waals surface area contributed by atoms with Crippen molar-refractivity contribution in [2.45, 2.75) is 6.61 Å². The van der Waals surface area contributed by atoms with Gasteiger partial charge in [0.05, 0.1) is 12.0 Å². The predicted molar refractivity (Wildman–Crippen MR) is 71.7 cm³/mol. The van der Waals surface area contributed by atoms with Gasteiger partial charge >= 0.3 is 0 Å². The number of hydrogen-bond donors (Lipinski definition) is 0. The fourth-order valence-corrected chi connectivity index (χ4v) is 1.86. The number of aromatic nitrogens is 2. The summed E-state index contributed by atoms with van der Waals surface area (Å²) in [6, 6.07) is 13.6. The molecule has 0 amide bonds. The molecule has 4 heteroatoms. The van der Waals surface area contributed by atoms with E-state index in [1.807, 2.05) is 49.5 Å². The second-order valence-electron chi connectivity index (χ2n) is 4.24. The van der Waals surface area contributed by atoms with Gasteiger partial charge in [0.2, 0.25) is 0 Å². The topological polar surface area (TPSA) is 40.2 Å². The molecule has 0 unspecified atom stereocenters. The Morgan fingerprint density at radius 1 is 1.16 bits per heavy atom. The van der Waals surface area contributed by atoms with Gasteiger partial charge in [-0.25, -0.2) is 0 Å². The Morgan fingerprint density at radius 3 is 2.63 bits per heavy atom. The predicted octanol–water partition coefficient (Wildman–Crippen LogP) is 3.26. The van der Waals surface area contributed by atoms with Gasteiger partial charge in [-0.2, -0.15) is 5.10 Å². The standard InChI is InChI=1S/C15H14N2O2/c1-17-13(8-9-16-17)11-19-14-6-4-12(5-7-14)15-3-2-10-18-15/h2-10H,11H2,1H3. The van der Waals surface area contributed by atoms with Gasteiger partial charge in [-0.15, -0.1) is 0 Å². The summed E-state index contributed by atoms with van der Waals surface area (Å²) in [6.45, 7) is 0.511. The van der Waals surface area contributed by atoms with Crippen molar-refractivity contribution in [1.29, 1.82) is 0 Å². The summed E-state index contributed by atoms with van der Waals surface area (Å²) < 4.78 is 12.9. The van der Waals surface area contributed by atoms with Crippen molar-refractivity contribution in [2.75, 3.05) is 0 Å². The molecule has 0 radical (unpaired) electrons. The Hall–Kier alpha value is -2.49. The van der Waals surface area contributed by atoms with E-state index >= 15 is 0 Å². The number of aryl methyl sites for hydroxylation is 1. The summed E-state index contributed by atoms with van der Waals surface area (Å²) in [5.74, 6) is 1.69. The van der Waals surface area contributed by atoms with E-state index in [1.54, 1.807) is 17.1 Å². The van der Waals surface area contributed by atoms with Crippen LogP contribution in [0.3, 0.4) is 0 Å². The van der Waals surface area contributed by atoms with E-state index in [2.05, 4.69) is 5.10 Å². The molecule has 0 saturated carbocycles. The van der Waals surface area contributed by atoms with E-state index in [1.165, 1.54) is 0 Å². The van der Waals surface area contributed by atoms with Gasteiger partial charge in [0.1, 0.15) is 18.1 Å². The van der Waals surface area contributed by atoms with Crippen molar-refractivity contribution in [2.24, 2.45) is 7.05 Å². The zero-order valence-electron chi connectivity index (χ0n) is 10.6. The van der Waals surface area contributed by atoms with Crippen molar-refractivity contribution in [3.8, 4) is 17.1 Å². The molecular formula is C15H14N2O2. The molecular weight excluding hydrogens is 240 g/mol. The Morgan fingerprint density at radius 2 is 2.00 bits per heavy atom. The van der Waals surface area contributed by atoms with Gasteiger partial charge < -0.3 is 9.15 Å². The Bertz CT molecular complexity index is 639. The largest absolute Gasteiger partial charge is 0.487 e. The molecule has 1 aromatic carbocycles. The first-order valence-corrected chi connectivity index (χ1v) is 6.06. The van der Waals surface area contributed by atoms with Crippen LogP contribution in [0.5, 0.6) is 5.75 Å². The van der Waals surface area contributed by atoms with E-state index in [0.717, 1.165) is 22.8 Å². The van der Waals surface area contributed by atoms with E-state index in [0.29, 0.717) is 6.61 Å². The zero-order valence-corrected chi connectivity index (χ0v) is 10.6. The molecule has 4 nitrogen and oxygen atoms in total. The lowest BCUT2D eigenvalue weighted by molar-refractivity contribution is 0.295. The third-order valence-corrected chi connectivity index (χ3v) is 2.97. The minimum Gasteiger partial charge on any atom is -0.487 e. The molecule has 3 aromatic rings. The summed E-state index contributed by atoms with van der Waals surface area (Å²) >= 11 is 0. The maximum atomic E-state index is 5.71. The van der Waals surface area contributed by atoms with E-state index < -0.39 is 0 Å². The Labute approximate surface area is 111 Å². The lowest BCUT2D eigenvalue weighted by atomic mass is 10.2. The molecule has 2 heterocycles. The lowest BCUT2D eigenvalue weighted by Crippen LogP contribution is -2.02. The van der Waals surface area contributed by atoms with Gasteiger partial charge in [0.25, 0.3) is 0 Å². The molecule has 0 aliphatic carbocycles. The molecule has 0 bridgehead atoms. The maximum absolute atomic E-state index is 5.71. The summed E-state index contributed by atoms with van der Waals surface area (Å²) in [5, 5.41) is 4.10. The molecule has 3 rings (SSSR count). The second-order valence-corrected chi connectivity index (χ2v) is 4.24. The monoisotopic (exact) mass is 254 g/mol. The molecule has 0 aliphatic heterocycles. The van der Waals surface area contributed by atoms with Crippen LogP contribution in [0.25, 0.3) is 11.3 Å². The minimum atomic E-state index is 0.511. The van der Waals surface area contributed by atoms with Crippen molar-refractivity contribution in [3.63, 3.8) is 0 Å². The first-order valence-electron chi connectivity index (χ1n) is 6.06. The van der Waals surface area contributed by atoms with E-state index in [-0.39, 0.29) is 0 Å². The molecule has 0 atom stereocenters. The van der Waals surface area contributed by atoms with Crippen LogP contribution in [-0.4, -0.2) is 9.78 Å². The van der Waals surface area contributed by atoms with Crippen LogP contribution in [-0.2, 0) is 13.7 Å². The highest BCUT2D eigenvalue weighted by Gasteiger charge is 2.02. The smallest absolute Gasteiger partial charge is 0.133 e. The third kappa shape index (κ3) is 2.52. The fraction of sp³-hybridized carbons (Fsp3) is 0.133. The Kier molecular flexibility index (Phi) is 3.06. The SMILES string of the molecule is Cn1nccc1COc1ccc(-c2ccco2)cc1. The quantitative estimate of drug-likeness (QED) is 0.717. The van der Waals surface area contributed by atoms with Crippen LogP contribution in [0.2, 0.25) is 0 Å². The zero-order chi connectivity index (χ0) is 13.1. The van der Waals surface area contributed by atoms with E-state index in [9.17, 15) is 0 Å². The van der Waals surface area contributed by atoms with Gasteiger partial charge in [0, 0.05) is 18.8 Å². The number of furan rings is 1. The maximum Gasteiger partial charge on any atom is 0.133 e. The number of rotatable bonds is 4. The van der Waals surface area contributed by atoms with Crippen LogP contribution in [0, 0.1) is 0 Å². The summed E-state index contributed by atoms with van der Waals surface area (Å²) in [6.07, 6.45) is 3.43. The average molecular weight is 254 g/mol. The van der Waals surface area contributed by atoms with Crippen LogP contribution < -0.4 is 4.74 Å². The number of hydrogen-bond acceptors (Lipinski definition) is 3. The van der Waals surface area contributed by atoms with Crippen molar-refractivity contribution in [1.82, 2.24) is 9.78 Å². The van der Waals surface area contributed by atoms with Crippen LogP contribution in [0.4, 0.5) is 0 Å². The second kappa shape index (κ2) is 5.02. The highest BCUT2D eigenvalue weighted by atomic mass is 16.5. The molecule has 0 spiro atoms. The first kappa shape index (κ1) is 11.6. The van der Waals surface area contributed by atoms with Crippen LogP contribution >= 0.6 is 0 Å². The van der Waals surface area contributed by atoms with E-state index in [4.69, 9.17) is 9.15 Å². The number of benzene rings is 1. The van der Waals surface area contributed by atoms with Crippen LogP contribution in [0.15, 0.2) is 59.3 Å². The molecule has 96 valence electrons. The number of nitrogens with zero attached hydrogens (tertiary/aromatic N) is 2. The summed E-state index contributed by atoms with van der Waals surface area (Å²) in [5.41, 5.74) is 2.08.